The molecule has 2 heterocycles. The van der Waals surface area contributed by atoms with Crippen LogP contribution in [0.5, 0.6) is 5.75 Å². The first-order valence-electron chi connectivity index (χ1n) is 11.8. The van der Waals surface area contributed by atoms with Crippen molar-refractivity contribution in [2.75, 3.05) is 33.4 Å². The third-order valence-corrected chi connectivity index (χ3v) is 6.69. The number of benzene rings is 2. The molecule has 0 radical (unpaired) electrons. The van der Waals surface area contributed by atoms with E-state index in [0.717, 1.165) is 55.5 Å². The summed E-state index contributed by atoms with van der Waals surface area (Å²) >= 11 is 12.4. The number of fused-ring (bicyclic) bond motifs is 1. The fourth-order valence-electron chi connectivity index (χ4n) is 3.86. The molecule has 1 fully saturated rings. The Morgan fingerprint density at radius 3 is 2.39 bits per heavy atom. The zero-order valence-electron chi connectivity index (χ0n) is 20.4. The molecule has 2 aromatic carbocycles. The van der Waals surface area contributed by atoms with Gasteiger partial charge in [0.15, 0.2) is 6.29 Å². The predicted molar refractivity (Wildman–Crippen MR) is 144 cm³/mol. The molecule has 1 aliphatic heterocycles. The van der Waals surface area contributed by atoms with E-state index in [0.29, 0.717) is 34.5 Å². The van der Waals surface area contributed by atoms with Crippen LogP contribution in [0.1, 0.15) is 28.9 Å². The number of nitrogens with two attached hydrogens (primary N) is 2. The van der Waals surface area contributed by atoms with Gasteiger partial charge < -0.3 is 18.9 Å². The number of morpholine rings is 1. The number of ether oxygens (including phenoxy) is 2. The van der Waals surface area contributed by atoms with Crippen LogP contribution in [-0.4, -0.2) is 55.3 Å². The first-order valence-corrected chi connectivity index (χ1v) is 12.5. The highest BCUT2D eigenvalue weighted by molar-refractivity contribution is 6.35. The predicted octanol–water partition coefficient (Wildman–Crippen LogP) is 3.32. The summed E-state index contributed by atoms with van der Waals surface area (Å²) in [5.41, 5.74) is 7.47. The molecule has 0 saturated carbocycles. The Morgan fingerprint density at radius 1 is 1.11 bits per heavy atom. The molecule has 36 heavy (non-hydrogen) atoms. The highest BCUT2D eigenvalue weighted by Gasteiger charge is 2.12. The van der Waals surface area contributed by atoms with E-state index in [1.807, 2.05) is 28.8 Å². The maximum atomic E-state index is 11.5. The lowest BCUT2D eigenvalue weighted by Crippen LogP contribution is -2.49. The van der Waals surface area contributed by atoms with Gasteiger partial charge in [-0.1, -0.05) is 29.3 Å². The number of nitrogens with one attached hydrogen (secondary N) is 2. The first-order chi connectivity index (χ1) is 17.5. The van der Waals surface area contributed by atoms with Crippen LogP contribution in [0.25, 0.3) is 10.9 Å². The summed E-state index contributed by atoms with van der Waals surface area (Å²) in [5.74, 6) is 11.5. The highest BCUT2D eigenvalue weighted by Crippen LogP contribution is 2.28. The van der Waals surface area contributed by atoms with Gasteiger partial charge in [0.1, 0.15) is 12.4 Å². The lowest BCUT2D eigenvalue weighted by molar-refractivity contribution is 0.0503. The van der Waals surface area contributed by atoms with Gasteiger partial charge >= 0.3 is 0 Å². The molecule has 3 aromatic rings. The minimum Gasteiger partial charge on any atom is -0.489 e. The van der Waals surface area contributed by atoms with Crippen LogP contribution in [0.15, 0.2) is 42.5 Å². The lowest BCUT2D eigenvalue weighted by atomic mass is 10.2. The van der Waals surface area contributed by atoms with Crippen molar-refractivity contribution in [3.63, 3.8) is 0 Å². The van der Waals surface area contributed by atoms with Crippen LogP contribution in [0.2, 0.25) is 10.0 Å². The standard InChI is InChI=1S/C20H23Cl2N5O2.C5H11NO/c21-17-3-1-4-18(22)16(17)12-29-15-6-7-19-13(10-15)9-14(11-28)27(19)8-2-5-20(25-23)26-24;1-6-2-4-7-5-3-6/h1,3-4,6-7,9-11,20,25-26H,2,5,8,12,23-24H2;2-5H2,1H3. The topological polar surface area (TPSA) is 120 Å². The van der Waals surface area contributed by atoms with Gasteiger partial charge in [0.05, 0.1) is 25.1 Å². The number of likely N-dealkylation sites (N-methyl/N-ethyl adjacent to an activating group) is 1. The molecule has 0 unspecified atom stereocenters. The average Bonchev–Trinajstić information content (AvgIpc) is 3.24. The van der Waals surface area contributed by atoms with Crippen LogP contribution in [0.4, 0.5) is 0 Å². The number of halogens is 2. The van der Waals surface area contributed by atoms with Gasteiger partial charge in [-0.2, -0.15) is 0 Å². The van der Waals surface area contributed by atoms with Gasteiger partial charge in [-0.25, -0.2) is 10.9 Å². The van der Waals surface area contributed by atoms with Gasteiger partial charge in [-0.3, -0.25) is 16.5 Å². The Kier molecular flexibility index (Phi) is 11.4. The van der Waals surface area contributed by atoms with Gasteiger partial charge in [0.25, 0.3) is 0 Å². The summed E-state index contributed by atoms with van der Waals surface area (Å²) in [5, 5.41) is 2.04. The van der Waals surface area contributed by atoms with E-state index in [1.54, 1.807) is 18.2 Å². The molecule has 1 aromatic heterocycles. The quantitative estimate of drug-likeness (QED) is 0.135. The second-order valence-corrected chi connectivity index (χ2v) is 9.31. The van der Waals surface area contributed by atoms with Gasteiger partial charge in [-0.15, -0.1) is 0 Å². The van der Waals surface area contributed by atoms with Crippen LogP contribution < -0.4 is 27.3 Å². The maximum Gasteiger partial charge on any atom is 0.166 e. The Bertz CT molecular complexity index is 1100. The molecule has 9 nitrogen and oxygen atoms in total. The molecule has 0 aliphatic carbocycles. The molecule has 0 bridgehead atoms. The number of rotatable bonds is 10. The Hall–Kier alpha value is -2.21. The number of carbonyl (C=O) groups is 1. The Balaban J connectivity index is 0.000000444. The van der Waals surface area contributed by atoms with Crippen molar-refractivity contribution in [3.8, 4) is 5.75 Å². The minimum atomic E-state index is -0.187. The van der Waals surface area contributed by atoms with Crippen molar-refractivity contribution < 1.29 is 14.3 Å². The molecule has 0 atom stereocenters. The molecule has 4 rings (SSSR count). The van der Waals surface area contributed by atoms with Crippen molar-refractivity contribution in [2.45, 2.75) is 32.2 Å². The largest absolute Gasteiger partial charge is 0.489 e. The van der Waals surface area contributed by atoms with Crippen LogP contribution >= 0.6 is 23.2 Å². The van der Waals surface area contributed by atoms with Crippen molar-refractivity contribution in [1.82, 2.24) is 20.3 Å². The average molecular weight is 537 g/mol. The Morgan fingerprint density at radius 2 is 1.81 bits per heavy atom. The zero-order valence-corrected chi connectivity index (χ0v) is 21.9. The smallest absolute Gasteiger partial charge is 0.166 e. The molecule has 1 aliphatic rings. The SMILES string of the molecule is CN1CCOCC1.NNC(CCCn1c(C=O)cc2cc(OCc3c(Cl)cccc3Cl)ccc21)NN. The van der Waals surface area contributed by atoms with Gasteiger partial charge in [-0.05, 0) is 56.3 Å². The molecular formula is C25H34Cl2N6O3. The molecular weight excluding hydrogens is 503 g/mol. The molecule has 11 heteroatoms. The number of aryl methyl sites for hydroxylation is 1. The number of hydrazine groups is 2. The van der Waals surface area contributed by atoms with E-state index in [2.05, 4.69) is 22.8 Å². The van der Waals surface area contributed by atoms with E-state index in [4.69, 9.17) is 44.4 Å². The van der Waals surface area contributed by atoms with E-state index < -0.39 is 0 Å². The summed E-state index contributed by atoms with van der Waals surface area (Å²) < 4.78 is 12.9. The normalized spacial score (nSPS) is 14.1. The van der Waals surface area contributed by atoms with Gasteiger partial charge in [0.2, 0.25) is 0 Å². The van der Waals surface area contributed by atoms with Crippen molar-refractivity contribution >= 4 is 40.4 Å². The third kappa shape index (κ3) is 7.89. The number of aromatic nitrogens is 1. The highest BCUT2D eigenvalue weighted by atomic mass is 35.5. The summed E-state index contributed by atoms with van der Waals surface area (Å²) in [7, 11) is 2.11. The van der Waals surface area contributed by atoms with Crippen LogP contribution in [0, 0.1) is 0 Å². The van der Waals surface area contributed by atoms with E-state index in [9.17, 15) is 4.79 Å². The van der Waals surface area contributed by atoms with Crippen molar-refractivity contribution in [2.24, 2.45) is 11.7 Å². The summed E-state index contributed by atoms with van der Waals surface area (Å²) in [6.07, 6.45) is 2.16. The zero-order chi connectivity index (χ0) is 25.9. The number of nitrogens with zero attached hydrogens (tertiary/aromatic N) is 2. The second-order valence-electron chi connectivity index (χ2n) is 8.49. The van der Waals surface area contributed by atoms with Crippen LogP contribution in [0.3, 0.4) is 0 Å². The molecule has 6 N–H and O–H groups in total. The Labute approximate surface area is 221 Å². The lowest BCUT2D eigenvalue weighted by Gasteiger charge is -2.21. The van der Waals surface area contributed by atoms with Crippen molar-refractivity contribution in [3.05, 3.63) is 63.8 Å². The number of aldehydes is 1. The minimum absolute atomic E-state index is 0.187. The number of carbonyl (C=O) groups excluding carboxylic acids is 1. The summed E-state index contributed by atoms with van der Waals surface area (Å²) in [4.78, 5) is 13.8. The van der Waals surface area contributed by atoms with Crippen molar-refractivity contribution in [1.29, 1.82) is 0 Å². The maximum absolute atomic E-state index is 11.5. The molecule has 196 valence electrons. The van der Waals surface area contributed by atoms with Crippen LogP contribution in [-0.2, 0) is 17.9 Å². The second kappa shape index (κ2) is 14.5. The monoisotopic (exact) mass is 536 g/mol. The summed E-state index contributed by atoms with van der Waals surface area (Å²) in [6.45, 7) is 4.94. The molecule has 0 spiro atoms. The first kappa shape index (κ1) is 28.4. The number of hydrogen-bond donors (Lipinski definition) is 4. The fourth-order valence-corrected chi connectivity index (χ4v) is 4.36. The molecule has 1 saturated heterocycles. The summed E-state index contributed by atoms with van der Waals surface area (Å²) in [6, 6.07) is 12.9. The van der Waals surface area contributed by atoms with E-state index in [1.165, 1.54) is 0 Å². The fraction of sp³-hybridized carbons (Fsp3) is 0.400. The third-order valence-electron chi connectivity index (χ3n) is 5.98. The van der Waals surface area contributed by atoms with E-state index >= 15 is 0 Å². The van der Waals surface area contributed by atoms with Gasteiger partial charge in [0, 0.05) is 46.1 Å². The van der Waals surface area contributed by atoms with E-state index in [-0.39, 0.29) is 12.8 Å². The molecule has 0 amide bonds. The number of hydrogen-bond acceptors (Lipinski definition) is 8.